The molecule has 0 aliphatic rings. The van der Waals surface area contributed by atoms with E-state index >= 15 is 0 Å². The molecule has 0 aliphatic heterocycles. The fourth-order valence-corrected chi connectivity index (χ4v) is 5.23. The van der Waals surface area contributed by atoms with Crippen LogP contribution in [0.4, 0.5) is 8.78 Å². The lowest BCUT2D eigenvalue weighted by atomic mass is 9.98. The van der Waals surface area contributed by atoms with Gasteiger partial charge in [-0.1, -0.05) is 91.0 Å². The summed E-state index contributed by atoms with van der Waals surface area (Å²) < 4.78 is 27.9. The number of benzene rings is 4. The maximum absolute atomic E-state index is 14.4. The Morgan fingerprint density at radius 3 is 2.03 bits per heavy atom. The molecule has 0 fully saturated rings. The average molecular weight is 540 g/mol. The van der Waals surface area contributed by atoms with E-state index in [-0.39, 0.29) is 23.6 Å². The van der Waals surface area contributed by atoms with Gasteiger partial charge in [-0.3, -0.25) is 9.69 Å². The summed E-state index contributed by atoms with van der Waals surface area (Å²) in [5.74, 6) is -0.859. The minimum absolute atomic E-state index is 0.269. The molecule has 1 amide bonds. The standard InChI is InChI=1S/C32H27F2N3OS/c33-27-17-15-23(16-18-27)19-37(20-26-13-7-8-14-28(26)34)21-30-35-29(22-39-30)32(38)36-31(24-9-3-1-4-10-24)25-11-5-2-6-12-25/h1-18,22,31H,19-21H2,(H,36,38). The molecule has 1 N–H and O–H groups in total. The van der Waals surface area contributed by atoms with Gasteiger partial charge < -0.3 is 5.32 Å². The van der Waals surface area contributed by atoms with Crippen LogP contribution in [0.1, 0.15) is 43.8 Å². The summed E-state index contributed by atoms with van der Waals surface area (Å²) >= 11 is 1.39. The summed E-state index contributed by atoms with van der Waals surface area (Å²) in [5, 5.41) is 5.61. The number of carbonyl (C=O) groups excluding carboxylic acids is 1. The lowest BCUT2D eigenvalue weighted by molar-refractivity contribution is 0.0938. The fraction of sp³-hybridized carbons (Fsp3) is 0.125. The molecule has 0 radical (unpaired) electrons. The summed E-state index contributed by atoms with van der Waals surface area (Å²) in [5.41, 5.74) is 3.74. The lowest BCUT2D eigenvalue weighted by Crippen LogP contribution is -2.29. The summed E-state index contributed by atoms with van der Waals surface area (Å²) in [4.78, 5) is 19.9. The Morgan fingerprint density at radius 1 is 0.769 bits per heavy atom. The van der Waals surface area contributed by atoms with E-state index in [0.717, 1.165) is 21.7 Å². The van der Waals surface area contributed by atoms with Crippen molar-refractivity contribution in [3.8, 4) is 0 Å². The molecule has 4 aromatic carbocycles. The Hall–Kier alpha value is -4.20. The third-order valence-electron chi connectivity index (χ3n) is 6.36. The van der Waals surface area contributed by atoms with Crippen LogP contribution in [-0.2, 0) is 19.6 Å². The zero-order valence-corrected chi connectivity index (χ0v) is 22.0. The topological polar surface area (TPSA) is 45.2 Å². The van der Waals surface area contributed by atoms with Gasteiger partial charge in [0.15, 0.2) is 0 Å². The number of carbonyl (C=O) groups is 1. The second-order valence-corrected chi connectivity index (χ2v) is 10.2. The van der Waals surface area contributed by atoms with E-state index in [4.69, 9.17) is 0 Å². The average Bonchev–Trinajstić information content (AvgIpc) is 3.43. The lowest BCUT2D eigenvalue weighted by Gasteiger charge is -2.22. The molecular weight excluding hydrogens is 512 g/mol. The predicted octanol–water partition coefficient (Wildman–Crippen LogP) is 7.14. The molecule has 0 aliphatic carbocycles. The maximum Gasteiger partial charge on any atom is 0.271 e. The Morgan fingerprint density at radius 2 is 1.38 bits per heavy atom. The van der Waals surface area contributed by atoms with Crippen LogP contribution in [0.25, 0.3) is 0 Å². The van der Waals surface area contributed by atoms with Gasteiger partial charge in [0.2, 0.25) is 0 Å². The molecule has 196 valence electrons. The van der Waals surface area contributed by atoms with Gasteiger partial charge in [0.1, 0.15) is 22.3 Å². The maximum atomic E-state index is 14.4. The van der Waals surface area contributed by atoms with Gasteiger partial charge in [-0.2, -0.15) is 0 Å². The molecule has 5 rings (SSSR count). The predicted molar refractivity (Wildman–Crippen MR) is 150 cm³/mol. The number of rotatable bonds is 10. The third kappa shape index (κ3) is 7.02. The second-order valence-electron chi connectivity index (χ2n) is 9.22. The van der Waals surface area contributed by atoms with E-state index in [0.29, 0.717) is 30.9 Å². The normalized spacial score (nSPS) is 11.2. The van der Waals surface area contributed by atoms with Gasteiger partial charge in [-0.05, 0) is 34.9 Å². The zero-order valence-electron chi connectivity index (χ0n) is 21.1. The van der Waals surface area contributed by atoms with Gasteiger partial charge in [-0.15, -0.1) is 11.3 Å². The molecule has 0 bridgehead atoms. The zero-order chi connectivity index (χ0) is 27.0. The van der Waals surface area contributed by atoms with Crippen molar-refractivity contribution >= 4 is 17.2 Å². The van der Waals surface area contributed by atoms with Crippen LogP contribution < -0.4 is 5.32 Å². The van der Waals surface area contributed by atoms with Crippen LogP contribution in [-0.4, -0.2) is 15.8 Å². The van der Waals surface area contributed by atoms with Crippen LogP contribution in [0.3, 0.4) is 0 Å². The van der Waals surface area contributed by atoms with Gasteiger partial charge in [0.05, 0.1) is 12.6 Å². The van der Waals surface area contributed by atoms with E-state index in [1.54, 1.807) is 35.7 Å². The molecule has 0 unspecified atom stereocenters. The number of amides is 1. The first-order valence-electron chi connectivity index (χ1n) is 12.6. The molecule has 0 saturated carbocycles. The van der Waals surface area contributed by atoms with Crippen molar-refractivity contribution < 1.29 is 13.6 Å². The largest absolute Gasteiger partial charge is 0.340 e. The van der Waals surface area contributed by atoms with Gasteiger partial charge in [0.25, 0.3) is 5.91 Å². The molecular formula is C32H27F2N3OS. The summed E-state index contributed by atoms with van der Waals surface area (Å²) in [6.45, 7) is 1.22. The number of aromatic nitrogens is 1. The monoisotopic (exact) mass is 539 g/mol. The van der Waals surface area contributed by atoms with E-state index < -0.39 is 0 Å². The summed E-state index contributed by atoms with van der Waals surface area (Å²) in [7, 11) is 0. The molecule has 5 aromatic rings. The SMILES string of the molecule is O=C(NC(c1ccccc1)c1ccccc1)c1csc(CN(Cc2ccc(F)cc2)Cc2ccccc2F)n1. The fourth-order valence-electron chi connectivity index (χ4n) is 4.42. The Bertz CT molecular complexity index is 1470. The van der Waals surface area contributed by atoms with Gasteiger partial charge >= 0.3 is 0 Å². The summed E-state index contributed by atoms with van der Waals surface area (Å²) in [6.07, 6.45) is 0. The van der Waals surface area contributed by atoms with E-state index in [2.05, 4.69) is 10.3 Å². The number of hydrogen-bond acceptors (Lipinski definition) is 4. The Labute approximate surface area is 230 Å². The van der Waals surface area contributed by atoms with Crippen molar-refractivity contribution in [3.63, 3.8) is 0 Å². The van der Waals surface area contributed by atoms with Crippen LogP contribution in [0.5, 0.6) is 0 Å². The van der Waals surface area contributed by atoms with Crippen molar-refractivity contribution in [2.24, 2.45) is 0 Å². The number of nitrogens with zero attached hydrogens (tertiary/aromatic N) is 2. The molecule has 4 nitrogen and oxygen atoms in total. The highest BCUT2D eigenvalue weighted by molar-refractivity contribution is 7.09. The Balaban J connectivity index is 1.34. The molecule has 39 heavy (non-hydrogen) atoms. The smallest absolute Gasteiger partial charge is 0.271 e. The van der Waals surface area contributed by atoms with Crippen molar-refractivity contribution in [1.82, 2.24) is 15.2 Å². The van der Waals surface area contributed by atoms with Crippen LogP contribution >= 0.6 is 11.3 Å². The van der Waals surface area contributed by atoms with Crippen molar-refractivity contribution in [2.45, 2.75) is 25.7 Å². The van der Waals surface area contributed by atoms with E-state index in [1.165, 1.54) is 29.5 Å². The molecule has 0 saturated heterocycles. The van der Waals surface area contributed by atoms with Crippen LogP contribution in [0.2, 0.25) is 0 Å². The highest BCUT2D eigenvalue weighted by Crippen LogP contribution is 2.23. The summed E-state index contributed by atoms with van der Waals surface area (Å²) in [6, 6.07) is 32.2. The van der Waals surface area contributed by atoms with Gasteiger partial charge in [-0.25, -0.2) is 13.8 Å². The molecule has 0 spiro atoms. The number of nitrogens with one attached hydrogen (secondary N) is 1. The Kier molecular flexibility index (Phi) is 8.51. The quantitative estimate of drug-likeness (QED) is 0.205. The highest BCUT2D eigenvalue weighted by Gasteiger charge is 2.20. The first-order valence-corrected chi connectivity index (χ1v) is 13.5. The van der Waals surface area contributed by atoms with E-state index in [1.807, 2.05) is 65.6 Å². The van der Waals surface area contributed by atoms with E-state index in [9.17, 15) is 13.6 Å². The van der Waals surface area contributed by atoms with Crippen LogP contribution in [0, 0.1) is 11.6 Å². The highest BCUT2D eigenvalue weighted by atomic mass is 32.1. The van der Waals surface area contributed by atoms with Crippen molar-refractivity contribution in [1.29, 1.82) is 0 Å². The van der Waals surface area contributed by atoms with Crippen molar-refractivity contribution in [3.05, 3.63) is 159 Å². The molecule has 7 heteroatoms. The minimum Gasteiger partial charge on any atom is -0.340 e. The van der Waals surface area contributed by atoms with Crippen LogP contribution in [0.15, 0.2) is 115 Å². The minimum atomic E-state index is -0.318. The van der Waals surface area contributed by atoms with Crippen molar-refractivity contribution in [2.75, 3.05) is 0 Å². The molecule has 0 atom stereocenters. The number of halogens is 2. The first kappa shape index (κ1) is 26.4. The molecule has 1 aromatic heterocycles. The second kappa shape index (κ2) is 12.6. The number of hydrogen-bond donors (Lipinski definition) is 1. The number of thiazole rings is 1. The third-order valence-corrected chi connectivity index (χ3v) is 7.19. The van der Waals surface area contributed by atoms with Gasteiger partial charge in [0, 0.05) is 24.0 Å². The first-order chi connectivity index (χ1) is 19.0. The molecule has 1 heterocycles.